The molecule has 15 heavy (non-hydrogen) atoms. The molecule has 0 spiro atoms. The highest BCUT2D eigenvalue weighted by Gasteiger charge is 2.31. The van der Waals surface area contributed by atoms with Crippen molar-refractivity contribution >= 4 is 14.0 Å². The van der Waals surface area contributed by atoms with Gasteiger partial charge in [0.15, 0.2) is 0 Å². The van der Waals surface area contributed by atoms with Gasteiger partial charge in [0.25, 0.3) is 0 Å². The van der Waals surface area contributed by atoms with E-state index in [1.165, 1.54) is 5.69 Å². The lowest BCUT2D eigenvalue weighted by molar-refractivity contribution is 0.393. The third kappa shape index (κ3) is 3.36. The lowest BCUT2D eigenvalue weighted by Crippen LogP contribution is -2.48. The lowest BCUT2D eigenvalue weighted by Gasteiger charge is -2.31. The Hall–Kier alpha value is -0.803. The van der Waals surface area contributed by atoms with Crippen LogP contribution in [0.15, 0.2) is 30.3 Å². The van der Waals surface area contributed by atoms with Gasteiger partial charge in [0, 0.05) is 18.5 Å². The molecular formula is C12H21NOSi. The van der Waals surface area contributed by atoms with Gasteiger partial charge in [0.05, 0.1) is 0 Å². The molecule has 1 unspecified atom stereocenters. The summed E-state index contributed by atoms with van der Waals surface area (Å²) in [5.74, 6) is 0. The molecule has 0 aliphatic heterocycles. The van der Waals surface area contributed by atoms with Crippen LogP contribution in [0.25, 0.3) is 0 Å². The topological polar surface area (TPSA) is 21.3 Å². The van der Waals surface area contributed by atoms with E-state index in [4.69, 9.17) is 4.43 Å². The smallest absolute Gasteiger partial charge is 0.207 e. The van der Waals surface area contributed by atoms with Crippen LogP contribution in [-0.2, 0) is 4.43 Å². The third-order valence-corrected chi connectivity index (χ3v) is 6.17. The zero-order valence-electron chi connectivity index (χ0n) is 10.1. The number of nitrogens with one attached hydrogen (secondary N) is 1. The van der Waals surface area contributed by atoms with Gasteiger partial charge >= 0.3 is 0 Å². The Labute approximate surface area is 93.8 Å². The van der Waals surface area contributed by atoms with Crippen LogP contribution in [0.5, 0.6) is 0 Å². The Kier molecular flexibility index (Phi) is 4.36. The summed E-state index contributed by atoms with van der Waals surface area (Å²) in [7, 11) is 0.220. The van der Waals surface area contributed by atoms with E-state index in [-0.39, 0.29) is 0 Å². The predicted molar refractivity (Wildman–Crippen MR) is 68.6 cm³/mol. The van der Waals surface area contributed by atoms with Gasteiger partial charge in [-0.25, -0.2) is 0 Å². The van der Waals surface area contributed by atoms with E-state index >= 15 is 0 Å². The number of benzene rings is 1. The second-order valence-corrected chi connectivity index (χ2v) is 8.59. The molecule has 1 N–H and O–H groups in total. The largest absolute Gasteiger partial charge is 0.418 e. The molecule has 2 nitrogen and oxygen atoms in total. The number of para-hydroxylation sites is 1. The number of hydrogen-bond acceptors (Lipinski definition) is 2. The van der Waals surface area contributed by atoms with E-state index < -0.39 is 8.32 Å². The van der Waals surface area contributed by atoms with Crippen LogP contribution in [0.1, 0.15) is 13.3 Å². The highest BCUT2D eigenvalue weighted by atomic mass is 28.4. The highest BCUT2D eigenvalue weighted by Crippen LogP contribution is 2.17. The Bertz CT molecular complexity index is 287. The minimum Gasteiger partial charge on any atom is -0.418 e. The van der Waals surface area contributed by atoms with Crippen LogP contribution in [0, 0.1) is 0 Å². The first-order chi connectivity index (χ1) is 7.10. The molecule has 0 saturated heterocycles. The SMILES string of the molecule is CCC(Nc1ccccc1)[Si](C)(C)OC. The first-order valence-electron chi connectivity index (χ1n) is 5.47. The quantitative estimate of drug-likeness (QED) is 0.774. The summed E-state index contributed by atoms with van der Waals surface area (Å²) in [6.45, 7) is 6.70. The van der Waals surface area contributed by atoms with Crippen LogP contribution in [0.3, 0.4) is 0 Å². The summed E-state index contributed by atoms with van der Waals surface area (Å²) in [6, 6.07) is 10.3. The number of rotatable bonds is 5. The van der Waals surface area contributed by atoms with E-state index in [0.29, 0.717) is 5.67 Å². The normalized spacial score (nSPS) is 13.6. The van der Waals surface area contributed by atoms with Crippen molar-refractivity contribution in [2.45, 2.75) is 32.1 Å². The van der Waals surface area contributed by atoms with Crippen LogP contribution in [-0.4, -0.2) is 21.1 Å². The molecule has 0 fully saturated rings. The Morgan fingerprint density at radius 3 is 2.33 bits per heavy atom. The predicted octanol–water partition coefficient (Wildman–Crippen LogP) is 3.27. The molecule has 0 radical (unpaired) electrons. The molecule has 1 aromatic carbocycles. The van der Waals surface area contributed by atoms with Crippen molar-refractivity contribution in [3.8, 4) is 0 Å². The van der Waals surface area contributed by atoms with Gasteiger partial charge in [-0.2, -0.15) is 0 Å². The molecule has 1 rings (SSSR count). The van der Waals surface area contributed by atoms with Crippen molar-refractivity contribution in [1.29, 1.82) is 0 Å². The fourth-order valence-corrected chi connectivity index (χ4v) is 3.43. The first-order valence-corrected chi connectivity index (χ1v) is 8.45. The van der Waals surface area contributed by atoms with Gasteiger partial charge in [-0.05, 0) is 31.6 Å². The fraction of sp³-hybridized carbons (Fsp3) is 0.500. The van der Waals surface area contributed by atoms with Gasteiger partial charge in [-0.1, -0.05) is 25.1 Å². The molecule has 0 heterocycles. The van der Waals surface area contributed by atoms with Crippen molar-refractivity contribution in [2.75, 3.05) is 12.4 Å². The summed E-state index contributed by atoms with van der Waals surface area (Å²) in [5.41, 5.74) is 1.65. The minimum atomic E-state index is -1.60. The van der Waals surface area contributed by atoms with Gasteiger partial charge < -0.3 is 9.74 Å². The average Bonchev–Trinajstić information content (AvgIpc) is 2.27. The first kappa shape index (κ1) is 12.3. The monoisotopic (exact) mass is 223 g/mol. The van der Waals surface area contributed by atoms with Crippen molar-refractivity contribution in [3.05, 3.63) is 30.3 Å². The van der Waals surface area contributed by atoms with E-state index in [1.807, 2.05) is 13.2 Å². The van der Waals surface area contributed by atoms with E-state index in [9.17, 15) is 0 Å². The summed E-state index contributed by atoms with van der Waals surface area (Å²) >= 11 is 0. The Balaban J connectivity index is 2.70. The van der Waals surface area contributed by atoms with Crippen LogP contribution in [0.2, 0.25) is 13.1 Å². The Morgan fingerprint density at radius 1 is 1.27 bits per heavy atom. The molecule has 0 bridgehead atoms. The second-order valence-electron chi connectivity index (χ2n) is 4.28. The maximum atomic E-state index is 5.64. The molecule has 3 heteroatoms. The molecular weight excluding hydrogens is 202 g/mol. The van der Waals surface area contributed by atoms with Crippen LogP contribution < -0.4 is 5.32 Å². The fourth-order valence-electron chi connectivity index (χ4n) is 1.65. The molecule has 0 aliphatic carbocycles. The van der Waals surface area contributed by atoms with Gasteiger partial charge in [0.1, 0.15) is 0 Å². The van der Waals surface area contributed by atoms with Gasteiger partial charge in [-0.15, -0.1) is 0 Å². The zero-order valence-corrected chi connectivity index (χ0v) is 11.1. The van der Waals surface area contributed by atoms with Crippen molar-refractivity contribution < 1.29 is 4.43 Å². The number of hydrogen-bond donors (Lipinski definition) is 1. The maximum absolute atomic E-state index is 5.64. The number of anilines is 1. The summed E-state index contributed by atoms with van der Waals surface area (Å²) in [4.78, 5) is 0. The van der Waals surface area contributed by atoms with Gasteiger partial charge in [-0.3, -0.25) is 0 Å². The molecule has 84 valence electrons. The molecule has 0 amide bonds. The second kappa shape index (κ2) is 5.33. The van der Waals surface area contributed by atoms with E-state index in [1.54, 1.807) is 0 Å². The molecule has 0 saturated carbocycles. The molecule has 0 aliphatic rings. The highest BCUT2D eigenvalue weighted by molar-refractivity contribution is 6.73. The van der Waals surface area contributed by atoms with Gasteiger partial charge in [0.2, 0.25) is 8.32 Å². The lowest BCUT2D eigenvalue weighted by atomic mass is 10.3. The zero-order chi connectivity index (χ0) is 11.3. The van der Waals surface area contributed by atoms with E-state index in [0.717, 1.165) is 6.42 Å². The van der Waals surface area contributed by atoms with Crippen LogP contribution >= 0.6 is 0 Å². The molecule has 1 atom stereocenters. The average molecular weight is 223 g/mol. The van der Waals surface area contributed by atoms with Crippen molar-refractivity contribution in [1.82, 2.24) is 0 Å². The van der Waals surface area contributed by atoms with E-state index in [2.05, 4.69) is 49.6 Å². The van der Waals surface area contributed by atoms with Crippen LogP contribution in [0.4, 0.5) is 5.69 Å². The summed E-state index contributed by atoms with van der Waals surface area (Å²) in [5, 5.41) is 3.56. The standard InChI is InChI=1S/C12H21NOSi/c1-5-12(15(3,4)14-2)13-11-9-7-6-8-10-11/h6-10,12-13H,5H2,1-4H3. The third-order valence-electron chi connectivity index (χ3n) is 2.89. The molecule has 1 aromatic rings. The Morgan fingerprint density at radius 2 is 1.87 bits per heavy atom. The maximum Gasteiger partial charge on any atom is 0.207 e. The minimum absolute atomic E-state index is 0.463. The summed E-state index contributed by atoms with van der Waals surface area (Å²) in [6.07, 6.45) is 1.10. The van der Waals surface area contributed by atoms with Crippen molar-refractivity contribution in [2.24, 2.45) is 0 Å². The summed E-state index contributed by atoms with van der Waals surface area (Å²) < 4.78 is 5.64. The molecule has 0 aromatic heterocycles. The van der Waals surface area contributed by atoms with Crippen molar-refractivity contribution in [3.63, 3.8) is 0 Å².